The zero-order valence-electron chi connectivity index (χ0n) is 20.0. The first kappa shape index (κ1) is 23.4. The number of para-hydroxylation sites is 1. The van der Waals surface area contributed by atoms with Gasteiger partial charge in [0.15, 0.2) is 0 Å². The van der Waals surface area contributed by atoms with Crippen LogP contribution in [0.1, 0.15) is 31.3 Å². The highest BCUT2D eigenvalue weighted by atomic mass is 16.5. The molecule has 34 heavy (non-hydrogen) atoms. The van der Waals surface area contributed by atoms with E-state index < -0.39 is 12.1 Å². The Morgan fingerprint density at radius 2 is 1.82 bits per heavy atom. The van der Waals surface area contributed by atoms with Crippen LogP contribution in [0.3, 0.4) is 0 Å². The molecule has 0 aliphatic carbocycles. The number of alkyl carbamates (subject to hydrolysis) is 1. The van der Waals surface area contributed by atoms with Crippen LogP contribution in [-0.2, 0) is 9.53 Å². The van der Waals surface area contributed by atoms with Crippen molar-refractivity contribution in [3.8, 4) is 11.3 Å². The fourth-order valence-electron chi connectivity index (χ4n) is 4.19. The number of aromatic nitrogens is 2. The van der Waals surface area contributed by atoms with Crippen LogP contribution in [0.15, 0.2) is 60.8 Å². The average Bonchev–Trinajstić information content (AvgIpc) is 3.50. The first-order valence-electron chi connectivity index (χ1n) is 11.4. The highest BCUT2D eigenvalue weighted by molar-refractivity contribution is 5.87. The summed E-state index contributed by atoms with van der Waals surface area (Å²) < 4.78 is 4.76. The van der Waals surface area contributed by atoms with Crippen LogP contribution >= 0.6 is 0 Å². The highest BCUT2D eigenvalue weighted by Crippen LogP contribution is 2.32. The van der Waals surface area contributed by atoms with E-state index in [1.54, 1.807) is 4.90 Å². The summed E-state index contributed by atoms with van der Waals surface area (Å²) >= 11 is 0. The van der Waals surface area contributed by atoms with E-state index in [4.69, 9.17) is 9.72 Å². The number of hydrogen-bond acceptors (Lipinski definition) is 5. The number of rotatable bonds is 6. The Morgan fingerprint density at radius 3 is 2.47 bits per heavy atom. The molecule has 2 atom stereocenters. The van der Waals surface area contributed by atoms with E-state index in [0.29, 0.717) is 19.0 Å². The molecule has 0 spiro atoms. The number of nitrogens with zero attached hydrogens (tertiary/aromatic N) is 3. The molecule has 4 rings (SSSR count). The van der Waals surface area contributed by atoms with Gasteiger partial charge in [0.2, 0.25) is 5.91 Å². The fourth-order valence-corrected chi connectivity index (χ4v) is 4.19. The van der Waals surface area contributed by atoms with Crippen molar-refractivity contribution in [1.82, 2.24) is 20.2 Å². The molecule has 0 radical (unpaired) electrons. The molecule has 1 aliphatic rings. The summed E-state index contributed by atoms with van der Waals surface area (Å²) in [6, 6.07) is 17.2. The number of aromatic amines is 1. The molecule has 2 amide bonds. The maximum absolute atomic E-state index is 13.7. The van der Waals surface area contributed by atoms with Crippen LogP contribution in [-0.4, -0.2) is 53.2 Å². The largest absolute Gasteiger partial charge is 0.453 e. The Kier molecular flexibility index (Phi) is 6.86. The Balaban J connectivity index is 1.65. The topological polar surface area (TPSA) is 90.6 Å². The second-order valence-electron chi connectivity index (χ2n) is 8.92. The van der Waals surface area contributed by atoms with E-state index in [9.17, 15) is 9.59 Å². The van der Waals surface area contributed by atoms with E-state index in [1.165, 1.54) is 12.7 Å². The maximum Gasteiger partial charge on any atom is 0.407 e. The third-order valence-electron chi connectivity index (χ3n) is 6.15. The van der Waals surface area contributed by atoms with Crippen LogP contribution in [0.2, 0.25) is 0 Å². The lowest BCUT2D eigenvalue weighted by Gasteiger charge is -2.29. The van der Waals surface area contributed by atoms with Crippen LogP contribution in [0.4, 0.5) is 10.5 Å². The van der Waals surface area contributed by atoms with Gasteiger partial charge >= 0.3 is 6.09 Å². The van der Waals surface area contributed by atoms with E-state index >= 15 is 0 Å². The normalized spacial score (nSPS) is 16.6. The van der Waals surface area contributed by atoms with Crippen LogP contribution < -0.4 is 10.2 Å². The highest BCUT2D eigenvalue weighted by Gasteiger charge is 2.40. The SMILES string of the molecule is COC(=O)N[C@H](C(=O)N1CN(c2ccccc2)C[C@H]1c1nc(-c2ccc(C)cc2)c[nH]1)C(C)C. The Hall–Kier alpha value is -3.81. The summed E-state index contributed by atoms with van der Waals surface area (Å²) in [4.78, 5) is 37.7. The summed E-state index contributed by atoms with van der Waals surface area (Å²) in [5.41, 5.74) is 4.04. The van der Waals surface area contributed by atoms with Crippen molar-refractivity contribution in [3.05, 3.63) is 72.2 Å². The first-order valence-corrected chi connectivity index (χ1v) is 11.4. The zero-order chi connectivity index (χ0) is 24.2. The van der Waals surface area contributed by atoms with Crippen molar-refractivity contribution >= 4 is 17.7 Å². The molecular weight excluding hydrogens is 430 g/mol. The van der Waals surface area contributed by atoms with E-state index in [-0.39, 0.29) is 17.9 Å². The molecule has 2 N–H and O–H groups in total. The van der Waals surface area contributed by atoms with Crippen molar-refractivity contribution in [2.45, 2.75) is 32.9 Å². The number of anilines is 1. The van der Waals surface area contributed by atoms with Crippen molar-refractivity contribution in [2.24, 2.45) is 5.92 Å². The lowest BCUT2D eigenvalue weighted by molar-refractivity contribution is -0.135. The molecule has 3 aromatic rings. The van der Waals surface area contributed by atoms with Gasteiger partial charge < -0.3 is 24.8 Å². The third-order valence-corrected chi connectivity index (χ3v) is 6.15. The smallest absolute Gasteiger partial charge is 0.407 e. The fraction of sp³-hybridized carbons (Fsp3) is 0.346. The Labute approximate surface area is 199 Å². The maximum atomic E-state index is 13.7. The number of methoxy groups -OCH3 is 1. The molecule has 8 nitrogen and oxygen atoms in total. The lowest BCUT2D eigenvalue weighted by atomic mass is 10.0. The minimum atomic E-state index is -0.711. The number of amides is 2. The number of imidazole rings is 1. The standard InChI is InChI=1S/C26H31N5O3/c1-17(2)23(29-26(33)34-4)25(32)31-16-30(20-8-6-5-7-9-20)15-22(31)24-27-14-21(28-24)19-12-10-18(3)11-13-19/h5-14,17,22-23H,15-16H2,1-4H3,(H,27,28)(H,29,33)/t22-,23-/m0/s1. The molecule has 8 heteroatoms. The van der Waals surface area contributed by atoms with Gasteiger partial charge in [-0.1, -0.05) is 61.9 Å². The first-order chi connectivity index (χ1) is 16.4. The second-order valence-corrected chi connectivity index (χ2v) is 8.92. The molecule has 1 aromatic heterocycles. The van der Waals surface area contributed by atoms with Crippen molar-refractivity contribution < 1.29 is 14.3 Å². The second kappa shape index (κ2) is 9.99. The molecule has 1 aliphatic heterocycles. The van der Waals surface area contributed by atoms with Crippen LogP contribution in [0, 0.1) is 12.8 Å². The Morgan fingerprint density at radius 1 is 1.12 bits per heavy atom. The number of carbonyl (C=O) groups excluding carboxylic acids is 2. The summed E-state index contributed by atoms with van der Waals surface area (Å²) in [5.74, 6) is 0.429. The number of aryl methyl sites for hydroxylation is 1. The van der Waals surface area contributed by atoms with Crippen molar-refractivity contribution in [3.63, 3.8) is 0 Å². The number of H-pyrrole nitrogens is 1. The van der Waals surface area contributed by atoms with Gasteiger partial charge in [-0.2, -0.15) is 0 Å². The third kappa shape index (κ3) is 4.90. The average molecular weight is 462 g/mol. The molecule has 178 valence electrons. The summed E-state index contributed by atoms with van der Waals surface area (Å²) in [7, 11) is 1.29. The number of ether oxygens (including phenoxy) is 1. The van der Waals surface area contributed by atoms with Gasteiger partial charge in [0, 0.05) is 24.0 Å². The van der Waals surface area contributed by atoms with E-state index in [1.807, 2.05) is 69.4 Å². The number of hydrogen-bond donors (Lipinski definition) is 2. The molecule has 0 saturated carbocycles. The zero-order valence-corrected chi connectivity index (χ0v) is 20.0. The van der Waals surface area contributed by atoms with E-state index in [2.05, 4.69) is 27.3 Å². The quantitative estimate of drug-likeness (QED) is 0.577. The number of nitrogens with one attached hydrogen (secondary N) is 2. The predicted molar refractivity (Wildman–Crippen MR) is 131 cm³/mol. The van der Waals surface area contributed by atoms with Crippen LogP contribution in [0.5, 0.6) is 0 Å². The molecule has 2 heterocycles. The molecule has 2 aromatic carbocycles. The molecular formula is C26H31N5O3. The number of carbonyl (C=O) groups is 2. The molecule has 0 unspecified atom stereocenters. The molecule has 1 saturated heterocycles. The number of benzene rings is 2. The van der Waals surface area contributed by atoms with Gasteiger partial charge in [0.25, 0.3) is 0 Å². The lowest BCUT2D eigenvalue weighted by Crippen LogP contribution is -2.51. The van der Waals surface area contributed by atoms with Crippen molar-refractivity contribution in [1.29, 1.82) is 0 Å². The minimum absolute atomic E-state index is 0.113. The van der Waals surface area contributed by atoms with Gasteiger partial charge in [0.05, 0.1) is 19.5 Å². The minimum Gasteiger partial charge on any atom is -0.453 e. The van der Waals surface area contributed by atoms with Gasteiger partial charge in [0.1, 0.15) is 17.9 Å². The van der Waals surface area contributed by atoms with E-state index in [0.717, 1.165) is 16.9 Å². The summed E-state index contributed by atoms with van der Waals surface area (Å²) in [6.45, 7) is 6.83. The van der Waals surface area contributed by atoms with Gasteiger partial charge in [-0.3, -0.25) is 4.79 Å². The summed E-state index contributed by atoms with van der Waals surface area (Å²) in [6.07, 6.45) is 1.25. The monoisotopic (exact) mass is 461 g/mol. The molecule has 1 fully saturated rings. The van der Waals surface area contributed by atoms with Gasteiger partial charge in [-0.05, 0) is 25.0 Å². The van der Waals surface area contributed by atoms with Crippen LogP contribution in [0.25, 0.3) is 11.3 Å². The Bertz CT molecular complexity index is 1130. The van der Waals surface area contributed by atoms with Crippen molar-refractivity contribution in [2.75, 3.05) is 25.2 Å². The van der Waals surface area contributed by atoms with Gasteiger partial charge in [-0.15, -0.1) is 0 Å². The van der Waals surface area contributed by atoms with Gasteiger partial charge in [-0.25, -0.2) is 9.78 Å². The summed E-state index contributed by atoms with van der Waals surface area (Å²) in [5, 5.41) is 2.70. The molecule has 0 bridgehead atoms. The predicted octanol–water partition coefficient (Wildman–Crippen LogP) is 4.11.